The number of Topliss-reactive ketones (excluding diaryl/α,β-unsaturated/α-hetero) is 2. The number of ketones is 2. The Morgan fingerprint density at radius 1 is 0.893 bits per heavy atom. The second-order valence-electron chi connectivity index (χ2n) is 6.84. The first kappa shape index (κ1) is 18.0. The highest BCUT2D eigenvalue weighted by atomic mass is 16.5. The first-order valence-electron chi connectivity index (χ1n) is 9.14. The molecule has 0 bridgehead atoms. The van der Waals surface area contributed by atoms with Gasteiger partial charge in [0.25, 0.3) is 0 Å². The van der Waals surface area contributed by atoms with Crippen LogP contribution >= 0.6 is 0 Å². The highest BCUT2D eigenvalue weighted by Crippen LogP contribution is 2.49. The van der Waals surface area contributed by atoms with Gasteiger partial charge in [0.05, 0.1) is 13.0 Å². The first-order chi connectivity index (χ1) is 13.6. The Hall–Kier alpha value is -3.40. The van der Waals surface area contributed by atoms with E-state index in [2.05, 4.69) is 0 Å². The van der Waals surface area contributed by atoms with Crippen LogP contribution in [0.3, 0.4) is 0 Å². The first-order valence-corrected chi connectivity index (χ1v) is 9.14. The van der Waals surface area contributed by atoms with Crippen LogP contribution in [-0.2, 0) is 4.79 Å². The van der Waals surface area contributed by atoms with Crippen molar-refractivity contribution in [3.63, 3.8) is 0 Å². The number of carbonyl (C=O) groups is 2. The average Bonchev–Trinajstić information content (AvgIpc) is 2.73. The molecule has 28 heavy (non-hydrogen) atoms. The molecular weight excluding hydrogens is 352 g/mol. The molecule has 0 spiro atoms. The quantitative estimate of drug-likeness (QED) is 0.466. The molecule has 3 aromatic rings. The molecule has 1 aliphatic heterocycles. The Labute approximate surface area is 163 Å². The Bertz CT molecular complexity index is 1040. The van der Waals surface area contributed by atoms with Crippen LogP contribution in [0.4, 0.5) is 0 Å². The summed E-state index contributed by atoms with van der Waals surface area (Å²) < 4.78 is 11.4. The van der Waals surface area contributed by atoms with Crippen LogP contribution < -0.4 is 9.47 Å². The van der Waals surface area contributed by atoms with E-state index in [0.29, 0.717) is 22.8 Å². The molecule has 0 aliphatic carbocycles. The fourth-order valence-corrected chi connectivity index (χ4v) is 3.82. The Morgan fingerprint density at radius 2 is 1.57 bits per heavy atom. The molecule has 2 unspecified atom stereocenters. The summed E-state index contributed by atoms with van der Waals surface area (Å²) in [4.78, 5) is 26.1. The number of benzene rings is 3. The zero-order chi connectivity index (χ0) is 19.7. The van der Waals surface area contributed by atoms with Gasteiger partial charge >= 0.3 is 0 Å². The molecular formula is C24H20O4. The minimum Gasteiger partial charge on any atom is -0.497 e. The van der Waals surface area contributed by atoms with Crippen LogP contribution in [0.25, 0.3) is 0 Å². The Balaban J connectivity index is 1.91. The largest absolute Gasteiger partial charge is 0.497 e. The normalized spacial score (nSPS) is 15.6. The molecule has 2 atom stereocenters. The van der Waals surface area contributed by atoms with E-state index in [0.717, 1.165) is 11.1 Å². The fourth-order valence-electron chi connectivity index (χ4n) is 3.82. The van der Waals surface area contributed by atoms with Crippen LogP contribution in [0.2, 0.25) is 0 Å². The third-order valence-electron chi connectivity index (χ3n) is 5.14. The van der Waals surface area contributed by atoms with Crippen LogP contribution in [0.5, 0.6) is 17.2 Å². The van der Waals surface area contributed by atoms with E-state index in [4.69, 9.17) is 9.47 Å². The molecule has 1 heterocycles. The van der Waals surface area contributed by atoms with Crippen LogP contribution in [-0.4, -0.2) is 18.7 Å². The lowest BCUT2D eigenvalue weighted by Gasteiger charge is -2.32. The van der Waals surface area contributed by atoms with E-state index in [1.54, 1.807) is 31.4 Å². The van der Waals surface area contributed by atoms with Gasteiger partial charge < -0.3 is 9.47 Å². The summed E-state index contributed by atoms with van der Waals surface area (Å²) in [6.45, 7) is 1.48. The minimum absolute atomic E-state index is 0.177. The zero-order valence-corrected chi connectivity index (χ0v) is 15.7. The number of hydrogen-bond acceptors (Lipinski definition) is 4. The number of hydrogen-bond donors (Lipinski definition) is 0. The smallest absolute Gasteiger partial charge is 0.174 e. The van der Waals surface area contributed by atoms with E-state index in [9.17, 15) is 9.59 Å². The maximum Gasteiger partial charge on any atom is 0.174 e. The molecule has 0 saturated heterocycles. The van der Waals surface area contributed by atoms with Crippen molar-refractivity contribution in [3.8, 4) is 17.2 Å². The van der Waals surface area contributed by atoms with E-state index in [-0.39, 0.29) is 11.6 Å². The van der Waals surface area contributed by atoms with E-state index >= 15 is 0 Å². The van der Waals surface area contributed by atoms with E-state index < -0.39 is 11.8 Å². The number of fused-ring (bicyclic) bond motifs is 2. The van der Waals surface area contributed by atoms with Crippen LogP contribution in [0, 0.1) is 5.92 Å². The van der Waals surface area contributed by atoms with E-state index in [1.165, 1.54) is 6.92 Å². The molecule has 4 nitrogen and oxygen atoms in total. The van der Waals surface area contributed by atoms with Gasteiger partial charge in [0, 0.05) is 22.6 Å². The van der Waals surface area contributed by atoms with Gasteiger partial charge in [0.2, 0.25) is 0 Å². The third-order valence-corrected chi connectivity index (χ3v) is 5.14. The molecule has 3 aromatic carbocycles. The summed E-state index contributed by atoms with van der Waals surface area (Å²) in [6.07, 6.45) is 0. The van der Waals surface area contributed by atoms with Crippen LogP contribution in [0.1, 0.15) is 34.3 Å². The summed E-state index contributed by atoms with van der Waals surface area (Å²) in [5.41, 5.74) is 2.13. The lowest BCUT2D eigenvalue weighted by molar-refractivity contribution is -0.119. The molecule has 4 rings (SSSR count). The summed E-state index contributed by atoms with van der Waals surface area (Å²) in [6, 6.07) is 22.0. The molecule has 0 fully saturated rings. The monoisotopic (exact) mass is 372 g/mol. The van der Waals surface area contributed by atoms with Crippen molar-refractivity contribution >= 4 is 11.6 Å². The van der Waals surface area contributed by atoms with Gasteiger partial charge in [-0.2, -0.15) is 0 Å². The van der Waals surface area contributed by atoms with Gasteiger partial charge in [-0.15, -0.1) is 0 Å². The van der Waals surface area contributed by atoms with E-state index in [1.807, 2.05) is 48.5 Å². The molecule has 1 aliphatic rings. The van der Waals surface area contributed by atoms with Crippen LogP contribution in [0.15, 0.2) is 72.8 Å². The molecule has 0 N–H and O–H groups in total. The van der Waals surface area contributed by atoms with Crippen molar-refractivity contribution < 1.29 is 19.1 Å². The zero-order valence-electron chi connectivity index (χ0n) is 15.7. The maximum absolute atomic E-state index is 13.4. The second kappa shape index (κ2) is 7.31. The van der Waals surface area contributed by atoms with Crippen molar-refractivity contribution in [2.24, 2.45) is 5.92 Å². The second-order valence-corrected chi connectivity index (χ2v) is 6.84. The highest BCUT2D eigenvalue weighted by molar-refractivity contribution is 6.11. The standard InChI is InChI=1S/C24H20O4/c1-15(25)22(24(26)16-8-4-3-5-9-16)23-18-10-6-7-11-20(18)28-21-13-12-17(27-2)14-19(21)23/h3-14,22-23H,1-2H3. The van der Waals surface area contributed by atoms with Gasteiger partial charge in [-0.3, -0.25) is 9.59 Å². The summed E-state index contributed by atoms with van der Waals surface area (Å²) in [7, 11) is 1.59. The number of para-hydroxylation sites is 1. The van der Waals surface area contributed by atoms with Gasteiger partial charge in [-0.25, -0.2) is 0 Å². The molecule has 4 heteroatoms. The number of rotatable bonds is 5. The van der Waals surface area contributed by atoms with Gasteiger partial charge in [-0.1, -0.05) is 48.5 Å². The molecule has 0 saturated carbocycles. The van der Waals surface area contributed by atoms with Crippen molar-refractivity contribution in [1.82, 2.24) is 0 Å². The molecule has 0 aromatic heterocycles. The van der Waals surface area contributed by atoms with Gasteiger partial charge in [-0.05, 0) is 31.2 Å². The lowest BCUT2D eigenvalue weighted by atomic mass is 9.74. The SMILES string of the molecule is COc1ccc2c(c1)C(C(C(C)=O)C(=O)c1ccccc1)c1ccccc1O2. The highest BCUT2D eigenvalue weighted by Gasteiger charge is 2.40. The van der Waals surface area contributed by atoms with Gasteiger partial charge in [0.15, 0.2) is 5.78 Å². The van der Waals surface area contributed by atoms with Gasteiger partial charge in [0.1, 0.15) is 23.0 Å². The third kappa shape index (κ3) is 3.07. The Kier molecular flexibility index (Phi) is 4.70. The Morgan fingerprint density at radius 3 is 2.29 bits per heavy atom. The lowest BCUT2D eigenvalue weighted by Crippen LogP contribution is -2.31. The number of ether oxygens (including phenoxy) is 2. The molecule has 140 valence electrons. The fraction of sp³-hybridized carbons (Fsp3) is 0.167. The number of methoxy groups -OCH3 is 1. The summed E-state index contributed by atoms with van der Waals surface area (Å²) in [5.74, 6) is 0.293. The average molecular weight is 372 g/mol. The minimum atomic E-state index is -0.849. The number of carbonyl (C=O) groups excluding carboxylic acids is 2. The van der Waals surface area contributed by atoms with Crippen molar-refractivity contribution in [1.29, 1.82) is 0 Å². The predicted molar refractivity (Wildman–Crippen MR) is 106 cm³/mol. The molecule has 0 radical (unpaired) electrons. The van der Waals surface area contributed by atoms with Crippen molar-refractivity contribution in [3.05, 3.63) is 89.5 Å². The maximum atomic E-state index is 13.4. The molecule has 0 amide bonds. The van der Waals surface area contributed by atoms with Crippen molar-refractivity contribution in [2.75, 3.05) is 7.11 Å². The topological polar surface area (TPSA) is 52.6 Å². The summed E-state index contributed by atoms with van der Waals surface area (Å²) in [5, 5.41) is 0. The summed E-state index contributed by atoms with van der Waals surface area (Å²) >= 11 is 0. The predicted octanol–water partition coefficient (Wildman–Crippen LogP) is 5.02. The van der Waals surface area contributed by atoms with Crippen molar-refractivity contribution in [2.45, 2.75) is 12.8 Å².